The first-order valence-corrected chi connectivity index (χ1v) is 7.37. The van der Waals surface area contributed by atoms with Crippen molar-refractivity contribution in [2.24, 2.45) is 0 Å². The third-order valence-corrected chi connectivity index (χ3v) is 3.66. The maximum absolute atomic E-state index is 12.0. The second-order valence-electron chi connectivity index (χ2n) is 5.44. The van der Waals surface area contributed by atoms with Gasteiger partial charge in [0.15, 0.2) is 0 Å². The summed E-state index contributed by atoms with van der Waals surface area (Å²) in [5.41, 5.74) is 0.619. The molecule has 0 heterocycles. The van der Waals surface area contributed by atoms with E-state index in [9.17, 15) is 4.79 Å². The molecule has 0 saturated heterocycles. The average molecular weight is 277 g/mol. The molecule has 20 heavy (non-hydrogen) atoms. The van der Waals surface area contributed by atoms with Crippen molar-refractivity contribution in [2.45, 2.75) is 51.2 Å². The molecule has 1 saturated carbocycles. The van der Waals surface area contributed by atoms with Gasteiger partial charge in [-0.25, -0.2) is 0 Å². The van der Waals surface area contributed by atoms with Crippen LogP contribution in [0, 0.1) is 0 Å². The van der Waals surface area contributed by atoms with Crippen molar-refractivity contribution >= 4 is 5.91 Å². The number of hydrogen-bond donors (Lipinski definition) is 2. The lowest BCUT2D eigenvalue weighted by atomic mass is 10.1. The van der Waals surface area contributed by atoms with Crippen molar-refractivity contribution in [3.63, 3.8) is 0 Å². The van der Waals surface area contributed by atoms with Gasteiger partial charge in [-0.3, -0.25) is 4.79 Å². The van der Waals surface area contributed by atoms with Crippen LogP contribution in [0.25, 0.3) is 0 Å². The van der Waals surface area contributed by atoms with Gasteiger partial charge >= 0.3 is 0 Å². The SMILES string of the molecule is C[C@H](CCO)NC(=O)c1ccc(OC2CCCC2)cc1. The Kier molecular flexibility index (Phi) is 5.41. The normalized spacial score (nSPS) is 16.9. The molecule has 0 unspecified atom stereocenters. The molecule has 1 aliphatic rings. The molecule has 4 heteroatoms. The number of carbonyl (C=O) groups excluding carboxylic acids is 1. The fraction of sp³-hybridized carbons (Fsp3) is 0.562. The van der Waals surface area contributed by atoms with Crippen LogP contribution in [0.1, 0.15) is 49.4 Å². The fourth-order valence-corrected chi connectivity index (χ4v) is 2.46. The van der Waals surface area contributed by atoms with Crippen LogP contribution in [-0.4, -0.2) is 29.8 Å². The molecule has 110 valence electrons. The number of rotatable bonds is 6. The molecule has 0 aliphatic heterocycles. The molecule has 1 fully saturated rings. The molecule has 0 spiro atoms. The summed E-state index contributed by atoms with van der Waals surface area (Å²) in [5.74, 6) is 0.718. The monoisotopic (exact) mass is 277 g/mol. The number of benzene rings is 1. The van der Waals surface area contributed by atoms with Crippen molar-refractivity contribution in [1.82, 2.24) is 5.32 Å². The van der Waals surface area contributed by atoms with E-state index in [0.717, 1.165) is 18.6 Å². The first-order valence-electron chi connectivity index (χ1n) is 7.37. The molecule has 1 aromatic carbocycles. The molecule has 2 rings (SSSR count). The Bertz CT molecular complexity index is 424. The van der Waals surface area contributed by atoms with E-state index in [1.165, 1.54) is 12.8 Å². The van der Waals surface area contributed by atoms with Crippen molar-refractivity contribution in [3.05, 3.63) is 29.8 Å². The minimum Gasteiger partial charge on any atom is -0.490 e. The summed E-state index contributed by atoms with van der Waals surface area (Å²) >= 11 is 0. The maximum atomic E-state index is 12.0. The molecule has 0 radical (unpaired) electrons. The summed E-state index contributed by atoms with van der Waals surface area (Å²) in [6, 6.07) is 7.24. The Morgan fingerprint density at radius 2 is 2.00 bits per heavy atom. The van der Waals surface area contributed by atoms with Gasteiger partial charge < -0.3 is 15.2 Å². The zero-order valence-electron chi connectivity index (χ0n) is 12.0. The van der Waals surface area contributed by atoms with Crippen LogP contribution in [0.3, 0.4) is 0 Å². The van der Waals surface area contributed by atoms with Crippen LogP contribution in [0.5, 0.6) is 5.75 Å². The molecule has 4 nitrogen and oxygen atoms in total. The predicted molar refractivity (Wildman–Crippen MR) is 78.0 cm³/mol. The largest absolute Gasteiger partial charge is 0.490 e. The van der Waals surface area contributed by atoms with Crippen LogP contribution in [0.2, 0.25) is 0 Å². The highest BCUT2D eigenvalue weighted by atomic mass is 16.5. The highest BCUT2D eigenvalue weighted by Gasteiger charge is 2.16. The number of amides is 1. The highest BCUT2D eigenvalue weighted by Crippen LogP contribution is 2.24. The lowest BCUT2D eigenvalue weighted by Crippen LogP contribution is -2.33. The summed E-state index contributed by atoms with van der Waals surface area (Å²) in [4.78, 5) is 12.0. The number of aliphatic hydroxyl groups excluding tert-OH is 1. The van der Waals surface area contributed by atoms with Crippen LogP contribution in [0.15, 0.2) is 24.3 Å². The summed E-state index contributed by atoms with van der Waals surface area (Å²) in [6.07, 6.45) is 5.64. The molecular weight excluding hydrogens is 254 g/mol. The third-order valence-electron chi connectivity index (χ3n) is 3.66. The topological polar surface area (TPSA) is 58.6 Å². The van der Waals surface area contributed by atoms with Crippen LogP contribution >= 0.6 is 0 Å². The second kappa shape index (κ2) is 7.29. The zero-order valence-corrected chi connectivity index (χ0v) is 12.0. The number of hydrogen-bond acceptors (Lipinski definition) is 3. The molecular formula is C16H23NO3. The summed E-state index contributed by atoms with van der Waals surface area (Å²) in [5, 5.41) is 11.7. The zero-order chi connectivity index (χ0) is 14.4. The van der Waals surface area contributed by atoms with Gasteiger partial charge in [-0.2, -0.15) is 0 Å². The molecule has 1 amide bonds. The summed E-state index contributed by atoms with van der Waals surface area (Å²) in [6.45, 7) is 1.96. The summed E-state index contributed by atoms with van der Waals surface area (Å²) < 4.78 is 5.86. The van der Waals surface area contributed by atoms with E-state index in [2.05, 4.69) is 5.32 Å². The van der Waals surface area contributed by atoms with Crippen molar-refractivity contribution in [2.75, 3.05) is 6.61 Å². The van der Waals surface area contributed by atoms with Crippen LogP contribution in [0.4, 0.5) is 0 Å². The van der Waals surface area contributed by atoms with Gasteiger partial charge in [0.25, 0.3) is 5.91 Å². The van der Waals surface area contributed by atoms with Gasteiger partial charge in [0.2, 0.25) is 0 Å². The quantitative estimate of drug-likeness (QED) is 0.840. The van der Waals surface area contributed by atoms with E-state index in [4.69, 9.17) is 9.84 Å². The van der Waals surface area contributed by atoms with Gasteiger partial charge in [0.1, 0.15) is 5.75 Å². The lowest BCUT2D eigenvalue weighted by Gasteiger charge is -2.14. The van der Waals surface area contributed by atoms with Gasteiger partial charge in [0.05, 0.1) is 6.10 Å². The Labute approximate surface area is 120 Å². The number of ether oxygens (including phenoxy) is 1. The average Bonchev–Trinajstić information content (AvgIpc) is 2.92. The molecule has 1 aromatic rings. The van der Waals surface area contributed by atoms with Crippen molar-refractivity contribution in [3.8, 4) is 5.75 Å². The smallest absolute Gasteiger partial charge is 0.251 e. The molecule has 0 bridgehead atoms. The predicted octanol–water partition coefficient (Wildman–Crippen LogP) is 2.51. The number of aliphatic hydroxyl groups is 1. The highest BCUT2D eigenvalue weighted by molar-refractivity contribution is 5.94. The minimum atomic E-state index is -0.113. The first-order chi connectivity index (χ1) is 9.69. The van der Waals surface area contributed by atoms with Gasteiger partial charge in [-0.05, 0) is 63.3 Å². The molecule has 1 atom stereocenters. The van der Waals surface area contributed by atoms with E-state index >= 15 is 0 Å². The Balaban J connectivity index is 1.88. The van der Waals surface area contributed by atoms with E-state index in [-0.39, 0.29) is 18.6 Å². The Morgan fingerprint density at radius 3 is 2.60 bits per heavy atom. The molecule has 1 aliphatic carbocycles. The molecule has 2 N–H and O–H groups in total. The number of carbonyl (C=O) groups is 1. The van der Waals surface area contributed by atoms with Gasteiger partial charge in [0, 0.05) is 18.2 Å². The Morgan fingerprint density at radius 1 is 1.35 bits per heavy atom. The lowest BCUT2D eigenvalue weighted by molar-refractivity contribution is 0.0934. The number of nitrogens with one attached hydrogen (secondary N) is 1. The first kappa shape index (κ1) is 14.9. The molecule has 0 aromatic heterocycles. The van der Waals surface area contributed by atoms with Crippen LogP contribution < -0.4 is 10.1 Å². The van der Waals surface area contributed by atoms with Gasteiger partial charge in [-0.15, -0.1) is 0 Å². The standard InChI is InChI=1S/C16H23NO3/c1-12(10-11-18)17-16(19)13-6-8-15(9-7-13)20-14-4-2-3-5-14/h6-9,12,14,18H,2-5,10-11H2,1H3,(H,17,19)/t12-/m1/s1. The second-order valence-corrected chi connectivity index (χ2v) is 5.44. The van der Waals surface area contributed by atoms with Crippen molar-refractivity contribution in [1.29, 1.82) is 0 Å². The van der Waals surface area contributed by atoms with E-state index in [1.807, 2.05) is 19.1 Å². The van der Waals surface area contributed by atoms with E-state index in [1.54, 1.807) is 12.1 Å². The van der Waals surface area contributed by atoms with E-state index < -0.39 is 0 Å². The maximum Gasteiger partial charge on any atom is 0.251 e. The Hall–Kier alpha value is -1.55. The van der Waals surface area contributed by atoms with Crippen molar-refractivity contribution < 1.29 is 14.6 Å². The van der Waals surface area contributed by atoms with Crippen LogP contribution in [-0.2, 0) is 0 Å². The van der Waals surface area contributed by atoms with Gasteiger partial charge in [-0.1, -0.05) is 0 Å². The fourth-order valence-electron chi connectivity index (χ4n) is 2.46. The minimum absolute atomic E-state index is 0.0260. The van der Waals surface area contributed by atoms with E-state index in [0.29, 0.717) is 18.1 Å². The third kappa shape index (κ3) is 4.23. The summed E-state index contributed by atoms with van der Waals surface area (Å²) in [7, 11) is 0.